The molecule has 0 radical (unpaired) electrons. The number of carbonyl (C=O) groups excluding carboxylic acids is 2. The van der Waals surface area contributed by atoms with E-state index >= 15 is 0 Å². The Labute approximate surface area is 120 Å². The first-order chi connectivity index (χ1) is 8.54. The molecule has 0 bridgehead atoms. The van der Waals surface area contributed by atoms with Crippen molar-refractivity contribution in [1.82, 2.24) is 4.90 Å². The SMILES string of the molecule is CCOC(=O)CCN(C)C(=O)c1cccc(I)c1. The number of halogens is 1. The fourth-order valence-electron chi connectivity index (χ4n) is 1.44. The van der Waals surface area contributed by atoms with Gasteiger partial charge in [0.1, 0.15) is 0 Å². The van der Waals surface area contributed by atoms with Crippen molar-refractivity contribution in [2.45, 2.75) is 13.3 Å². The second kappa shape index (κ2) is 7.35. The van der Waals surface area contributed by atoms with E-state index in [-0.39, 0.29) is 18.3 Å². The standard InChI is InChI=1S/C13H16INO3/c1-3-18-12(16)7-8-15(2)13(17)10-5-4-6-11(14)9-10/h4-6,9H,3,7-8H2,1-2H3. The summed E-state index contributed by atoms with van der Waals surface area (Å²) in [6.45, 7) is 2.50. The number of carbonyl (C=O) groups is 2. The van der Waals surface area contributed by atoms with E-state index in [9.17, 15) is 9.59 Å². The number of hydrogen-bond acceptors (Lipinski definition) is 3. The van der Waals surface area contributed by atoms with E-state index in [4.69, 9.17) is 4.74 Å². The van der Waals surface area contributed by atoms with Gasteiger partial charge in [-0.05, 0) is 47.7 Å². The molecule has 0 atom stereocenters. The predicted octanol–water partition coefficient (Wildman–Crippen LogP) is 2.32. The molecule has 0 aromatic heterocycles. The van der Waals surface area contributed by atoms with Gasteiger partial charge >= 0.3 is 5.97 Å². The van der Waals surface area contributed by atoms with Crippen LogP contribution in [0.25, 0.3) is 0 Å². The van der Waals surface area contributed by atoms with Crippen LogP contribution in [-0.2, 0) is 9.53 Å². The summed E-state index contributed by atoms with van der Waals surface area (Å²) >= 11 is 2.16. The van der Waals surface area contributed by atoms with Crippen LogP contribution < -0.4 is 0 Å². The minimum absolute atomic E-state index is 0.0854. The third-order valence-electron chi connectivity index (χ3n) is 2.37. The van der Waals surface area contributed by atoms with Crippen molar-refractivity contribution in [2.75, 3.05) is 20.2 Å². The van der Waals surface area contributed by atoms with Crippen molar-refractivity contribution in [3.63, 3.8) is 0 Å². The molecule has 18 heavy (non-hydrogen) atoms. The van der Waals surface area contributed by atoms with Crippen molar-refractivity contribution in [2.24, 2.45) is 0 Å². The monoisotopic (exact) mass is 361 g/mol. The molecule has 1 aromatic rings. The molecule has 0 saturated heterocycles. The highest BCUT2D eigenvalue weighted by Gasteiger charge is 2.13. The van der Waals surface area contributed by atoms with Crippen LogP contribution >= 0.6 is 22.6 Å². The van der Waals surface area contributed by atoms with E-state index in [1.54, 1.807) is 20.0 Å². The normalized spacial score (nSPS) is 9.94. The van der Waals surface area contributed by atoms with E-state index in [2.05, 4.69) is 22.6 Å². The Bertz CT molecular complexity index is 434. The van der Waals surface area contributed by atoms with Crippen molar-refractivity contribution in [3.05, 3.63) is 33.4 Å². The van der Waals surface area contributed by atoms with Gasteiger partial charge in [-0.2, -0.15) is 0 Å². The van der Waals surface area contributed by atoms with Crippen LogP contribution in [0.5, 0.6) is 0 Å². The predicted molar refractivity (Wildman–Crippen MR) is 77.4 cm³/mol. The fraction of sp³-hybridized carbons (Fsp3) is 0.385. The molecule has 1 amide bonds. The Morgan fingerprint density at radius 2 is 2.11 bits per heavy atom. The van der Waals surface area contributed by atoms with Crippen molar-refractivity contribution in [3.8, 4) is 0 Å². The molecular weight excluding hydrogens is 345 g/mol. The van der Waals surface area contributed by atoms with Crippen molar-refractivity contribution in [1.29, 1.82) is 0 Å². The van der Waals surface area contributed by atoms with E-state index in [1.807, 2.05) is 18.2 Å². The molecule has 0 aliphatic carbocycles. The smallest absolute Gasteiger partial charge is 0.307 e. The molecule has 0 unspecified atom stereocenters. The summed E-state index contributed by atoms with van der Waals surface area (Å²) in [6.07, 6.45) is 0.222. The first kappa shape index (κ1) is 14.9. The lowest BCUT2D eigenvalue weighted by Crippen LogP contribution is -2.29. The average Bonchev–Trinajstić information content (AvgIpc) is 2.35. The lowest BCUT2D eigenvalue weighted by Gasteiger charge is -2.16. The van der Waals surface area contributed by atoms with Gasteiger partial charge < -0.3 is 9.64 Å². The highest BCUT2D eigenvalue weighted by Crippen LogP contribution is 2.10. The largest absolute Gasteiger partial charge is 0.466 e. The number of amides is 1. The molecule has 0 heterocycles. The topological polar surface area (TPSA) is 46.6 Å². The van der Waals surface area contributed by atoms with Crippen LogP contribution in [0.1, 0.15) is 23.7 Å². The number of hydrogen-bond donors (Lipinski definition) is 0. The van der Waals surface area contributed by atoms with Gasteiger partial charge in [0.15, 0.2) is 0 Å². The van der Waals surface area contributed by atoms with Gasteiger partial charge in [-0.3, -0.25) is 9.59 Å². The number of rotatable bonds is 5. The van der Waals surface area contributed by atoms with Crippen LogP contribution in [-0.4, -0.2) is 37.0 Å². The van der Waals surface area contributed by atoms with Crippen LogP contribution in [0.3, 0.4) is 0 Å². The molecule has 98 valence electrons. The van der Waals surface area contributed by atoms with E-state index < -0.39 is 0 Å². The third kappa shape index (κ3) is 4.64. The summed E-state index contributed by atoms with van der Waals surface area (Å²) in [5.41, 5.74) is 0.633. The number of benzene rings is 1. The maximum atomic E-state index is 12.0. The van der Waals surface area contributed by atoms with Gasteiger partial charge in [-0.25, -0.2) is 0 Å². The summed E-state index contributed by atoms with van der Waals surface area (Å²) in [6, 6.07) is 7.36. The Kier molecular flexibility index (Phi) is 6.11. The molecule has 0 aliphatic rings. The van der Waals surface area contributed by atoms with Crippen LogP contribution in [0.2, 0.25) is 0 Å². The Morgan fingerprint density at radius 3 is 2.72 bits per heavy atom. The summed E-state index contributed by atoms with van der Waals surface area (Å²) in [5.74, 6) is -0.363. The lowest BCUT2D eigenvalue weighted by atomic mass is 10.2. The second-order valence-corrected chi connectivity index (χ2v) is 5.04. The number of nitrogens with zero attached hydrogens (tertiary/aromatic N) is 1. The summed E-state index contributed by atoms with van der Waals surface area (Å²) in [4.78, 5) is 24.8. The van der Waals surface area contributed by atoms with Crippen LogP contribution in [0.4, 0.5) is 0 Å². The molecule has 4 nitrogen and oxygen atoms in total. The van der Waals surface area contributed by atoms with Gasteiger partial charge in [0.25, 0.3) is 5.91 Å². The first-order valence-electron chi connectivity index (χ1n) is 5.71. The molecule has 1 rings (SSSR count). The molecular formula is C13H16INO3. The molecule has 1 aromatic carbocycles. The summed E-state index contributed by atoms with van der Waals surface area (Å²) in [5, 5.41) is 0. The Balaban J connectivity index is 2.54. The van der Waals surface area contributed by atoms with Gasteiger partial charge in [0.2, 0.25) is 0 Å². The highest BCUT2D eigenvalue weighted by molar-refractivity contribution is 14.1. The van der Waals surface area contributed by atoms with E-state index in [0.29, 0.717) is 18.7 Å². The number of esters is 1. The highest BCUT2D eigenvalue weighted by atomic mass is 127. The van der Waals surface area contributed by atoms with Gasteiger partial charge in [-0.15, -0.1) is 0 Å². The second-order valence-electron chi connectivity index (χ2n) is 3.79. The van der Waals surface area contributed by atoms with Crippen molar-refractivity contribution >= 4 is 34.5 Å². The van der Waals surface area contributed by atoms with Crippen molar-refractivity contribution < 1.29 is 14.3 Å². The van der Waals surface area contributed by atoms with E-state index in [1.165, 1.54) is 4.90 Å². The number of ether oxygens (including phenoxy) is 1. The van der Waals surface area contributed by atoms with E-state index in [0.717, 1.165) is 3.57 Å². The minimum atomic E-state index is -0.278. The average molecular weight is 361 g/mol. The third-order valence-corrected chi connectivity index (χ3v) is 3.05. The molecule has 0 fully saturated rings. The minimum Gasteiger partial charge on any atom is -0.466 e. The summed E-state index contributed by atoms with van der Waals surface area (Å²) < 4.78 is 5.83. The molecule has 0 saturated carbocycles. The zero-order chi connectivity index (χ0) is 13.5. The molecule has 0 spiro atoms. The zero-order valence-electron chi connectivity index (χ0n) is 10.5. The van der Waals surface area contributed by atoms with Gasteiger partial charge in [0, 0.05) is 22.7 Å². The quantitative estimate of drug-likeness (QED) is 0.597. The maximum Gasteiger partial charge on any atom is 0.307 e. The Morgan fingerprint density at radius 1 is 1.39 bits per heavy atom. The van der Waals surface area contributed by atoms with Gasteiger partial charge in [0.05, 0.1) is 13.0 Å². The molecule has 0 aliphatic heterocycles. The molecule has 5 heteroatoms. The van der Waals surface area contributed by atoms with Gasteiger partial charge in [-0.1, -0.05) is 6.07 Å². The zero-order valence-corrected chi connectivity index (χ0v) is 12.6. The fourth-order valence-corrected chi connectivity index (χ4v) is 1.98. The summed E-state index contributed by atoms with van der Waals surface area (Å²) in [7, 11) is 1.68. The first-order valence-corrected chi connectivity index (χ1v) is 6.79. The lowest BCUT2D eigenvalue weighted by molar-refractivity contribution is -0.143. The molecule has 0 N–H and O–H groups in total. The maximum absolute atomic E-state index is 12.0. The Hall–Kier alpha value is -1.11. The van der Waals surface area contributed by atoms with Crippen LogP contribution in [0.15, 0.2) is 24.3 Å². The van der Waals surface area contributed by atoms with Crippen LogP contribution in [0, 0.1) is 3.57 Å².